The number of carbonyl (C=O) groups is 3. The van der Waals surface area contributed by atoms with Gasteiger partial charge in [-0.05, 0) is 42.7 Å². The lowest BCUT2D eigenvalue weighted by Crippen LogP contribution is -2.52. The first-order chi connectivity index (χ1) is 16.4. The topological polar surface area (TPSA) is 79.4 Å². The largest absolute Gasteiger partial charge is 0.497 e. The molecule has 1 unspecified atom stereocenters. The monoisotopic (exact) mass is 483 g/mol. The predicted octanol–water partition coefficient (Wildman–Crippen LogP) is 2.76. The average Bonchev–Trinajstić information content (AvgIpc) is 3.28. The van der Waals surface area contributed by atoms with E-state index in [1.54, 1.807) is 51.8 Å². The van der Waals surface area contributed by atoms with E-state index in [9.17, 15) is 14.4 Å². The first-order valence-electron chi connectivity index (χ1n) is 11.2. The lowest BCUT2D eigenvalue weighted by Gasteiger charge is -2.36. The molecule has 0 radical (unpaired) electrons. The Labute approximate surface area is 203 Å². The van der Waals surface area contributed by atoms with Gasteiger partial charge in [0.05, 0.1) is 25.7 Å². The smallest absolute Gasteiger partial charge is 0.257 e. The van der Waals surface area contributed by atoms with Crippen molar-refractivity contribution in [1.82, 2.24) is 9.80 Å². The maximum atomic E-state index is 13.1. The van der Waals surface area contributed by atoms with Crippen LogP contribution in [0.4, 0.5) is 5.69 Å². The normalized spacial score (nSPS) is 18.3. The van der Waals surface area contributed by atoms with Gasteiger partial charge in [-0.15, -0.1) is 11.8 Å². The molecule has 2 aliphatic rings. The highest BCUT2D eigenvalue weighted by Gasteiger charge is 2.38. The fraction of sp³-hybridized carbons (Fsp3) is 0.400. The molecule has 2 heterocycles. The molecule has 2 aromatic carbocycles. The number of rotatable bonds is 6. The molecule has 2 fully saturated rings. The third-order valence-corrected chi connectivity index (χ3v) is 7.12. The number of ether oxygens (including phenoxy) is 2. The van der Waals surface area contributed by atoms with Crippen molar-refractivity contribution < 1.29 is 23.9 Å². The van der Waals surface area contributed by atoms with Crippen molar-refractivity contribution in [2.24, 2.45) is 5.92 Å². The molecule has 0 N–H and O–H groups in total. The van der Waals surface area contributed by atoms with Gasteiger partial charge in [0.15, 0.2) is 0 Å². The summed E-state index contributed by atoms with van der Waals surface area (Å²) in [6.07, 6.45) is 2.22. The second-order valence-corrected chi connectivity index (χ2v) is 9.17. The zero-order chi connectivity index (χ0) is 24.2. The molecule has 3 amide bonds. The minimum absolute atomic E-state index is 0.0225. The summed E-state index contributed by atoms with van der Waals surface area (Å²) in [5.41, 5.74) is 1.29. The minimum Gasteiger partial charge on any atom is -0.497 e. The molecular formula is C25H29N3O5S. The van der Waals surface area contributed by atoms with Crippen molar-refractivity contribution >= 4 is 35.2 Å². The van der Waals surface area contributed by atoms with Gasteiger partial charge in [-0.2, -0.15) is 0 Å². The summed E-state index contributed by atoms with van der Waals surface area (Å²) in [5.74, 6) is 0.516. The van der Waals surface area contributed by atoms with E-state index in [1.165, 1.54) is 7.11 Å². The number of carbonyl (C=O) groups excluding carboxylic acids is 3. The summed E-state index contributed by atoms with van der Waals surface area (Å²) in [5, 5.41) is 0. The van der Waals surface area contributed by atoms with E-state index >= 15 is 0 Å². The van der Waals surface area contributed by atoms with Crippen molar-refractivity contribution in [3.63, 3.8) is 0 Å². The fourth-order valence-electron chi connectivity index (χ4n) is 4.42. The molecule has 0 saturated carbocycles. The maximum absolute atomic E-state index is 13.1. The lowest BCUT2D eigenvalue weighted by atomic mass is 10.1. The molecule has 2 saturated heterocycles. The summed E-state index contributed by atoms with van der Waals surface area (Å²) < 4.78 is 10.6. The summed E-state index contributed by atoms with van der Waals surface area (Å²) in [7, 11) is 3.08. The van der Waals surface area contributed by atoms with Crippen LogP contribution >= 0.6 is 11.8 Å². The van der Waals surface area contributed by atoms with Crippen LogP contribution in [-0.2, 0) is 9.59 Å². The average molecular weight is 484 g/mol. The second kappa shape index (κ2) is 10.4. The molecule has 2 aromatic rings. The number of methoxy groups -OCH3 is 2. The van der Waals surface area contributed by atoms with E-state index in [1.807, 2.05) is 30.5 Å². The Bertz CT molecular complexity index is 1070. The quantitative estimate of drug-likeness (QED) is 0.588. The van der Waals surface area contributed by atoms with Crippen molar-refractivity contribution in [3.05, 3.63) is 48.0 Å². The molecule has 1 atom stereocenters. The molecule has 0 aliphatic carbocycles. The predicted molar refractivity (Wildman–Crippen MR) is 131 cm³/mol. The van der Waals surface area contributed by atoms with Crippen molar-refractivity contribution in [1.29, 1.82) is 0 Å². The molecule has 0 aromatic heterocycles. The Morgan fingerprint density at radius 2 is 1.62 bits per heavy atom. The van der Waals surface area contributed by atoms with Gasteiger partial charge in [0.1, 0.15) is 11.5 Å². The van der Waals surface area contributed by atoms with E-state index in [0.717, 1.165) is 10.6 Å². The molecule has 8 nitrogen and oxygen atoms in total. The molecule has 4 rings (SSSR count). The number of thioether (sulfide) groups is 1. The van der Waals surface area contributed by atoms with Crippen LogP contribution in [0.3, 0.4) is 0 Å². The van der Waals surface area contributed by atoms with Crippen LogP contribution in [0.25, 0.3) is 0 Å². The Balaban J connectivity index is 1.35. The fourth-order valence-corrected chi connectivity index (χ4v) is 4.83. The van der Waals surface area contributed by atoms with Gasteiger partial charge in [0, 0.05) is 55.8 Å². The van der Waals surface area contributed by atoms with E-state index in [0.29, 0.717) is 49.8 Å². The highest BCUT2D eigenvalue weighted by atomic mass is 32.2. The van der Waals surface area contributed by atoms with Crippen LogP contribution in [0.2, 0.25) is 0 Å². The third-order valence-electron chi connectivity index (χ3n) is 6.38. The van der Waals surface area contributed by atoms with Crippen LogP contribution in [0.1, 0.15) is 16.8 Å². The first kappa shape index (κ1) is 23.9. The van der Waals surface area contributed by atoms with E-state index < -0.39 is 0 Å². The van der Waals surface area contributed by atoms with Crippen molar-refractivity contribution in [2.75, 3.05) is 58.1 Å². The Morgan fingerprint density at radius 1 is 0.941 bits per heavy atom. The van der Waals surface area contributed by atoms with Gasteiger partial charge < -0.3 is 24.2 Å². The van der Waals surface area contributed by atoms with Crippen LogP contribution in [0, 0.1) is 5.92 Å². The van der Waals surface area contributed by atoms with Gasteiger partial charge >= 0.3 is 0 Å². The molecule has 0 spiro atoms. The van der Waals surface area contributed by atoms with Crippen LogP contribution in [-0.4, -0.2) is 80.7 Å². The minimum atomic E-state index is -0.364. The van der Waals surface area contributed by atoms with Gasteiger partial charge in [-0.1, -0.05) is 0 Å². The number of amides is 3. The number of piperazine rings is 1. The zero-order valence-corrected chi connectivity index (χ0v) is 20.5. The molecule has 9 heteroatoms. The van der Waals surface area contributed by atoms with E-state index in [-0.39, 0.29) is 30.1 Å². The second-order valence-electron chi connectivity index (χ2n) is 8.29. The highest BCUT2D eigenvalue weighted by molar-refractivity contribution is 7.98. The summed E-state index contributed by atoms with van der Waals surface area (Å²) in [6, 6.07) is 12.9. The van der Waals surface area contributed by atoms with Gasteiger partial charge in [0.2, 0.25) is 11.8 Å². The van der Waals surface area contributed by atoms with Crippen LogP contribution in [0.5, 0.6) is 11.5 Å². The highest BCUT2D eigenvalue weighted by Crippen LogP contribution is 2.29. The number of nitrogens with zero attached hydrogens (tertiary/aromatic N) is 3. The maximum Gasteiger partial charge on any atom is 0.257 e. The molecule has 0 bridgehead atoms. The van der Waals surface area contributed by atoms with E-state index in [2.05, 4.69) is 0 Å². The molecule has 2 aliphatic heterocycles. The molecular weight excluding hydrogens is 454 g/mol. The summed E-state index contributed by atoms with van der Waals surface area (Å²) in [6.45, 7) is 2.13. The van der Waals surface area contributed by atoms with Crippen molar-refractivity contribution in [2.45, 2.75) is 11.3 Å². The molecule has 34 heavy (non-hydrogen) atoms. The van der Waals surface area contributed by atoms with E-state index in [4.69, 9.17) is 9.47 Å². The molecule has 180 valence electrons. The number of hydrogen-bond acceptors (Lipinski definition) is 6. The summed E-state index contributed by atoms with van der Waals surface area (Å²) >= 11 is 1.64. The van der Waals surface area contributed by atoms with Gasteiger partial charge in [0.25, 0.3) is 5.91 Å². The first-order valence-corrected chi connectivity index (χ1v) is 12.4. The standard InChI is InChI=1S/C25H29N3O5S/c1-32-19-6-9-21(22(15-19)33-2)25(31)27-12-10-26(11-13-27)24(30)17-14-23(29)28(16-17)18-4-7-20(34-3)8-5-18/h4-9,15,17H,10-14,16H2,1-3H3. The third kappa shape index (κ3) is 4.84. The summed E-state index contributed by atoms with van der Waals surface area (Å²) in [4.78, 5) is 45.1. The lowest BCUT2D eigenvalue weighted by molar-refractivity contribution is -0.137. The Kier molecular flexibility index (Phi) is 7.31. The van der Waals surface area contributed by atoms with Gasteiger partial charge in [-0.3, -0.25) is 14.4 Å². The van der Waals surface area contributed by atoms with Crippen molar-refractivity contribution in [3.8, 4) is 11.5 Å². The van der Waals surface area contributed by atoms with Gasteiger partial charge in [-0.25, -0.2) is 0 Å². The number of benzene rings is 2. The van der Waals surface area contributed by atoms with Crippen LogP contribution < -0.4 is 14.4 Å². The van der Waals surface area contributed by atoms with Crippen LogP contribution in [0.15, 0.2) is 47.4 Å². The zero-order valence-electron chi connectivity index (χ0n) is 19.7. The number of hydrogen-bond donors (Lipinski definition) is 0. The SMILES string of the molecule is COc1ccc(C(=O)N2CCN(C(=O)C3CC(=O)N(c4ccc(SC)cc4)C3)CC2)c(OC)c1. The Morgan fingerprint density at radius 3 is 2.24 bits per heavy atom. The number of anilines is 1. The Hall–Kier alpha value is -3.20.